The monoisotopic (exact) mass is 357 g/mol. The molecule has 9 heteroatoms. The van der Waals surface area contributed by atoms with Crippen molar-refractivity contribution in [1.82, 2.24) is 20.0 Å². The maximum Gasteiger partial charge on any atom is 0.317 e. The van der Waals surface area contributed by atoms with Crippen molar-refractivity contribution in [3.8, 4) is 11.5 Å². The summed E-state index contributed by atoms with van der Waals surface area (Å²) >= 11 is 0. The predicted octanol–water partition coefficient (Wildman–Crippen LogP) is 0.516. The normalized spacial score (nSPS) is 14.9. The molecule has 3 amide bonds. The molecule has 3 N–H and O–H groups in total. The molecule has 9 nitrogen and oxygen atoms in total. The molecular formula is C17H19N5O4. The van der Waals surface area contributed by atoms with Crippen LogP contribution in [-0.2, 0) is 26.6 Å². The number of aromatic nitrogens is 2. The Labute approximate surface area is 149 Å². The fraction of sp³-hybridized carbons (Fsp3) is 0.353. The third-order valence-electron chi connectivity index (χ3n) is 4.64. The SMILES string of the molecule is Cn1nc(C(N)=O)c2c1CCN(C(=O)NCc1ccc3c(c1)OCO3)C2. The van der Waals surface area contributed by atoms with E-state index in [-0.39, 0.29) is 18.5 Å². The zero-order chi connectivity index (χ0) is 18.3. The highest BCUT2D eigenvalue weighted by Gasteiger charge is 2.28. The predicted molar refractivity (Wildman–Crippen MR) is 90.6 cm³/mol. The number of benzene rings is 1. The van der Waals surface area contributed by atoms with Crippen molar-refractivity contribution in [3.05, 3.63) is 40.7 Å². The minimum absolute atomic E-state index is 0.201. The Hall–Kier alpha value is -3.23. The van der Waals surface area contributed by atoms with Crippen LogP contribution in [0, 0.1) is 0 Å². The molecule has 4 rings (SSSR count). The Morgan fingerprint density at radius 2 is 2.12 bits per heavy atom. The summed E-state index contributed by atoms with van der Waals surface area (Å²) < 4.78 is 12.3. The summed E-state index contributed by atoms with van der Waals surface area (Å²) in [7, 11) is 1.78. The number of carbonyl (C=O) groups excluding carboxylic acids is 2. The number of amides is 3. The Kier molecular flexibility index (Phi) is 3.90. The molecule has 0 spiro atoms. The van der Waals surface area contributed by atoms with Gasteiger partial charge in [-0.3, -0.25) is 9.48 Å². The highest BCUT2D eigenvalue weighted by atomic mass is 16.7. The zero-order valence-electron chi connectivity index (χ0n) is 14.3. The van der Waals surface area contributed by atoms with Crippen LogP contribution in [0.25, 0.3) is 0 Å². The summed E-state index contributed by atoms with van der Waals surface area (Å²) in [5.74, 6) is 0.810. The van der Waals surface area contributed by atoms with Gasteiger partial charge in [-0.1, -0.05) is 6.07 Å². The lowest BCUT2D eigenvalue weighted by molar-refractivity contribution is 0.0992. The second-order valence-corrected chi connectivity index (χ2v) is 6.28. The van der Waals surface area contributed by atoms with E-state index in [0.29, 0.717) is 37.6 Å². The van der Waals surface area contributed by atoms with Crippen LogP contribution in [-0.4, -0.2) is 40.0 Å². The molecule has 2 aliphatic rings. The number of primary amides is 1. The van der Waals surface area contributed by atoms with Crippen molar-refractivity contribution < 1.29 is 19.1 Å². The third-order valence-corrected chi connectivity index (χ3v) is 4.64. The second kappa shape index (κ2) is 6.25. The number of fused-ring (bicyclic) bond motifs is 2. The van der Waals surface area contributed by atoms with Gasteiger partial charge in [0, 0.05) is 37.8 Å². The van der Waals surface area contributed by atoms with Gasteiger partial charge in [-0.2, -0.15) is 5.10 Å². The van der Waals surface area contributed by atoms with E-state index in [4.69, 9.17) is 15.2 Å². The highest BCUT2D eigenvalue weighted by Crippen LogP contribution is 2.32. The van der Waals surface area contributed by atoms with E-state index < -0.39 is 5.91 Å². The van der Waals surface area contributed by atoms with Crippen LogP contribution >= 0.6 is 0 Å². The molecule has 3 heterocycles. The number of nitrogens with one attached hydrogen (secondary N) is 1. The molecule has 2 aromatic rings. The largest absolute Gasteiger partial charge is 0.454 e. The van der Waals surface area contributed by atoms with Gasteiger partial charge in [0.05, 0.1) is 6.54 Å². The molecule has 0 fully saturated rings. The van der Waals surface area contributed by atoms with E-state index >= 15 is 0 Å². The van der Waals surface area contributed by atoms with Crippen LogP contribution in [0.1, 0.15) is 27.3 Å². The average Bonchev–Trinajstić information content (AvgIpc) is 3.23. The quantitative estimate of drug-likeness (QED) is 0.832. The van der Waals surface area contributed by atoms with E-state index in [1.165, 1.54) is 0 Å². The van der Waals surface area contributed by atoms with Gasteiger partial charge in [-0.25, -0.2) is 4.79 Å². The number of nitrogens with two attached hydrogens (primary N) is 1. The first-order chi connectivity index (χ1) is 12.5. The highest BCUT2D eigenvalue weighted by molar-refractivity contribution is 5.92. The van der Waals surface area contributed by atoms with Gasteiger partial charge < -0.3 is 25.4 Å². The van der Waals surface area contributed by atoms with Crippen LogP contribution in [0.3, 0.4) is 0 Å². The lowest BCUT2D eigenvalue weighted by atomic mass is 10.1. The number of carbonyl (C=O) groups is 2. The summed E-state index contributed by atoms with van der Waals surface area (Å²) in [4.78, 5) is 25.7. The molecule has 2 aliphatic heterocycles. The minimum atomic E-state index is -0.579. The summed E-state index contributed by atoms with van der Waals surface area (Å²) in [5.41, 5.74) is 8.21. The van der Waals surface area contributed by atoms with Crippen molar-refractivity contribution in [1.29, 1.82) is 0 Å². The number of nitrogens with zero attached hydrogens (tertiary/aromatic N) is 3. The number of ether oxygens (including phenoxy) is 2. The fourth-order valence-corrected chi connectivity index (χ4v) is 3.30. The maximum absolute atomic E-state index is 12.5. The summed E-state index contributed by atoms with van der Waals surface area (Å²) in [6.45, 7) is 1.45. The van der Waals surface area contributed by atoms with Gasteiger partial charge in [0.25, 0.3) is 5.91 Å². The molecule has 0 unspecified atom stereocenters. The molecule has 0 radical (unpaired) electrons. The van der Waals surface area contributed by atoms with Crippen molar-refractivity contribution >= 4 is 11.9 Å². The summed E-state index contributed by atoms with van der Waals surface area (Å²) in [5, 5.41) is 7.06. The van der Waals surface area contributed by atoms with Gasteiger partial charge in [-0.05, 0) is 17.7 Å². The van der Waals surface area contributed by atoms with Crippen LogP contribution in [0.2, 0.25) is 0 Å². The fourth-order valence-electron chi connectivity index (χ4n) is 3.30. The summed E-state index contributed by atoms with van der Waals surface area (Å²) in [6.07, 6.45) is 0.629. The average molecular weight is 357 g/mol. The number of aryl methyl sites for hydroxylation is 1. The van der Waals surface area contributed by atoms with Gasteiger partial charge in [0.1, 0.15) is 0 Å². The van der Waals surface area contributed by atoms with Gasteiger partial charge in [0.2, 0.25) is 6.79 Å². The van der Waals surface area contributed by atoms with Gasteiger partial charge in [0.15, 0.2) is 17.2 Å². The van der Waals surface area contributed by atoms with Crippen molar-refractivity contribution in [3.63, 3.8) is 0 Å². The Morgan fingerprint density at radius 1 is 1.31 bits per heavy atom. The molecule has 0 bridgehead atoms. The molecule has 0 saturated carbocycles. The molecule has 1 aromatic carbocycles. The molecule has 1 aromatic heterocycles. The van der Waals surface area contributed by atoms with E-state index in [1.54, 1.807) is 16.6 Å². The molecule has 136 valence electrons. The van der Waals surface area contributed by atoms with Crippen LogP contribution in [0.15, 0.2) is 18.2 Å². The summed E-state index contributed by atoms with van der Waals surface area (Å²) in [6, 6.07) is 5.36. The van der Waals surface area contributed by atoms with Gasteiger partial charge >= 0.3 is 6.03 Å². The van der Waals surface area contributed by atoms with Crippen molar-refractivity contribution in [2.45, 2.75) is 19.5 Å². The van der Waals surface area contributed by atoms with Crippen molar-refractivity contribution in [2.24, 2.45) is 12.8 Å². The van der Waals surface area contributed by atoms with E-state index in [2.05, 4.69) is 10.4 Å². The van der Waals surface area contributed by atoms with Crippen molar-refractivity contribution in [2.75, 3.05) is 13.3 Å². The van der Waals surface area contributed by atoms with E-state index in [1.807, 2.05) is 18.2 Å². The smallest absolute Gasteiger partial charge is 0.317 e. The van der Waals surface area contributed by atoms with Crippen LogP contribution < -0.4 is 20.5 Å². The van der Waals surface area contributed by atoms with E-state index in [9.17, 15) is 9.59 Å². The Balaban J connectivity index is 1.42. The molecule has 26 heavy (non-hydrogen) atoms. The standard InChI is InChI=1S/C17H19N5O4/c1-21-12-4-5-22(8-11(12)15(20-21)16(18)23)17(24)19-7-10-2-3-13-14(6-10)26-9-25-13/h2-3,6H,4-5,7-9H2,1H3,(H2,18,23)(H,19,24). The van der Waals surface area contributed by atoms with Crippen LogP contribution in [0.4, 0.5) is 4.79 Å². The number of urea groups is 1. The lowest BCUT2D eigenvalue weighted by Crippen LogP contribution is -2.43. The number of rotatable bonds is 3. The van der Waals surface area contributed by atoms with Crippen LogP contribution in [0.5, 0.6) is 11.5 Å². The maximum atomic E-state index is 12.5. The molecule has 0 saturated heterocycles. The molecule has 0 aliphatic carbocycles. The Morgan fingerprint density at radius 3 is 2.92 bits per heavy atom. The topological polar surface area (TPSA) is 112 Å². The van der Waals surface area contributed by atoms with E-state index in [0.717, 1.165) is 16.8 Å². The van der Waals surface area contributed by atoms with Gasteiger partial charge in [-0.15, -0.1) is 0 Å². The third kappa shape index (κ3) is 2.81. The number of hydrogen-bond donors (Lipinski definition) is 2. The first-order valence-electron chi connectivity index (χ1n) is 8.29. The molecule has 0 atom stereocenters. The second-order valence-electron chi connectivity index (χ2n) is 6.28. The Bertz CT molecular complexity index is 892. The zero-order valence-corrected chi connectivity index (χ0v) is 14.3. The lowest BCUT2D eigenvalue weighted by Gasteiger charge is -2.27. The number of hydrogen-bond acceptors (Lipinski definition) is 5. The first kappa shape index (κ1) is 16.2. The molecular weight excluding hydrogens is 338 g/mol. The minimum Gasteiger partial charge on any atom is -0.454 e. The first-order valence-corrected chi connectivity index (χ1v) is 8.29.